The SMILES string of the molecule is Clc1ccccc1Nc1nnc2n1CCNC2. The lowest BCUT2D eigenvalue weighted by Gasteiger charge is -2.16. The maximum atomic E-state index is 6.09. The van der Waals surface area contributed by atoms with Crippen LogP contribution in [0.5, 0.6) is 0 Å². The Labute approximate surface area is 104 Å². The van der Waals surface area contributed by atoms with Crippen LogP contribution in [0.2, 0.25) is 5.02 Å². The summed E-state index contributed by atoms with van der Waals surface area (Å²) in [5, 5.41) is 15.4. The van der Waals surface area contributed by atoms with E-state index in [1.807, 2.05) is 24.3 Å². The van der Waals surface area contributed by atoms with Gasteiger partial charge in [-0.3, -0.25) is 4.57 Å². The van der Waals surface area contributed by atoms with Gasteiger partial charge < -0.3 is 10.6 Å². The van der Waals surface area contributed by atoms with Gasteiger partial charge in [-0.2, -0.15) is 0 Å². The van der Waals surface area contributed by atoms with E-state index in [9.17, 15) is 0 Å². The molecule has 1 aliphatic rings. The average molecular weight is 250 g/mol. The van der Waals surface area contributed by atoms with Crippen LogP contribution in [0.25, 0.3) is 0 Å². The van der Waals surface area contributed by atoms with E-state index in [0.29, 0.717) is 5.02 Å². The summed E-state index contributed by atoms with van der Waals surface area (Å²) >= 11 is 6.09. The van der Waals surface area contributed by atoms with Crippen LogP contribution in [0.15, 0.2) is 24.3 Å². The number of anilines is 2. The number of hydrogen-bond acceptors (Lipinski definition) is 4. The van der Waals surface area contributed by atoms with E-state index in [1.54, 1.807) is 0 Å². The highest BCUT2D eigenvalue weighted by molar-refractivity contribution is 6.33. The van der Waals surface area contributed by atoms with Crippen LogP contribution >= 0.6 is 11.6 Å². The lowest BCUT2D eigenvalue weighted by atomic mass is 10.3. The van der Waals surface area contributed by atoms with Gasteiger partial charge in [-0.25, -0.2) is 0 Å². The number of nitrogens with zero attached hydrogens (tertiary/aromatic N) is 3. The van der Waals surface area contributed by atoms with Crippen molar-refractivity contribution < 1.29 is 0 Å². The summed E-state index contributed by atoms with van der Waals surface area (Å²) < 4.78 is 2.07. The predicted molar refractivity (Wildman–Crippen MR) is 66.5 cm³/mol. The van der Waals surface area contributed by atoms with Crippen molar-refractivity contribution in [2.24, 2.45) is 0 Å². The third kappa shape index (κ3) is 1.99. The number of nitrogens with one attached hydrogen (secondary N) is 2. The van der Waals surface area contributed by atoms with Gasteiger partial charge in [0, 0.05) is 13.1 Å². The van der Waals surface area contributed by atoms with E-state index in [0.717, 1.165) is 37.1 Å². The zero-order valence-electron chi connectivity index (χ0n) is 9.15. The molecule has 2 N–H and O–H groups in total. The zero-order valence-corrected chi connectivity index (χ0v) is 9.91. The molecule has 17 heavy (non-hydrogen) atoms. The van der Waals surface area contributed by atoms with Gasteiger partial charge in [-0.1, -0.05) is 23.7 Å². The quantitative estimate of drug-likeness (QED) is 0.852. The molecule has 1 aromatic carbocycles. The number of fused-ring (bicyclic) bond motifs is 1. The molecule has 88 valence electrons. The van der Waals surface area contributed by atoms with Crippen molar-refractivity contribution >= 4 is 23.2 Å². The predicted octanol–water partition coefficient (Wildman–Crippen LogP) is 1.78. The maximum absolute atomic E-state index is 6.09. The number of hydrogen-bond donors (Lipinski definition) is 2. The minimum absolute atomic E-state index is 0.679. The molecule has 0 bridgehead atoms. The summed E-state index contributed by atoms with van der Waals surface area (Å²) in [6.45, 7) is 2.56. The second kappa shape index (κ2) is 4.35. The van der Waals surface area contributed by atoms with Crippen LogP contribution in [-0.4, -0.2) is 21.3 Å². The third-order valence-electron chi connectivity index (χ3n) is 2.74. The third-order valence-corrected chi connectivity index (χ3v) is 3.07. The fourth-order valence-corrected chi connectivity index (χ4v) is 2.05. The van der Waals surface area contributed by atoms with Gasteiger partial charge in [0.2, 0.25) is 5.95 Å². The van der Waals surface area contributed by atoms with E-state index in [-0.39, 0.29) is 0 Å². The second-order valence-electron chi connectivity index (χ2n) is 3.87. The number of benzene rings is 1. The van der Waals surface area contributed by atoms with E-state index in [2.05, 4.69) is 25.4 Å². The molecule has 0 aliphatic carbocycles. The normalized spacial score (nSPS) is 14.4. The highest BCUT2D eigenvalue weighted by Gasteiger charge is 2.15. The van der Waals surface area contributed by atoms with Crippen LogP contribution in [-0.2, 0) is 13.1 Å². The fourth-order valence-electron chi connectivity index (χ4n) is 1.87. The molecule has 0 unspecified atom stereocenters. The van der Waals surface area contributed by atoms with Gasteiger partial charge in [-0.15, -0.1) is 10.2 Å². The topological polar surface area (TPSA) is 54.8 Å². The van der Waals surface area contributed by atoms with Crippen molar-refractivity contribution in [1.29, 1.82) is 0 Å². The molecule has 1 aliphatic heterocycles. The zero-order chi connectivity index (χ0) is 11.7. The Bertz CT molecular complexity index is 536. The maximum Gasteiger partial charge on any atom is 0.229 e. The number of halogens is 1. The van der Waals surface area contributed by atoms with E-state index < -0.39 is 0 Å². The van der Waals surface area contributed by atoms with Gasteiger partial charge in [0.15, 0.2) is 0 Å². The second-order valence-corrected chi connectivity index (χ2v) is 4.28. The van der Waals surface area contributed by atoms with Crippen molar-refractivity contribution in [1.82, 2.24) is 20.1 Å². The highest BCUT2D eigenvalue weighted by Crippen LogP contribution is 2.24. The molecule has 0 saturated carbocycles. The van der Waals surface area contributed by atoms with Crippen molar-refractivity contribution in [2.75, 3.05) is 11.9 Å². The molecule has 0 saturated heterocycles. The average Bonchev–Trinajstić information content (AvgIpc) is 2.76. The van der Waals surface area contributed by atoms with Crippen LogP contribution in [0.3, 0.4) is 0 Å². The highest BCUT2D eigenvalue weighted by atomic mass is 35.5. The number of para-hydroxylation sites is 1. The largest absolute Gasteiger partial charge is 0.323 e. The van der Waals surface area contributed by atoms with Gasteiger partial charge in [0.05, 0.1) is 17.3 Å². The first-order valence-electron chi connectivity index (χ1n) is 5.49. The summed E-state index contributed by atoms with van der Waals surface area (Å²) in [5.74, 6) is 1.69. The Kier molecular flexibility index (Phi) is 2.70. The van der Waals surface area contributed by atoms with E-state index >= 15 is 0 Å². The molecule has 3 rings (SSSR count). The number of aromatic nitrogens is 3. The Hall–Kier alpha value is -1.59. The van der Waals surface area contributed by atoms with Crippen molar-refractivity contribution in [3.63, 3.8) is 0 Å². The fraction of sp³-hybridized carbons (Fsp3) is 0.273. The van der Waals surface area contributed by atoms with Crippen LogP contribution in [0.1, 0.15) is 5.82 Å². The van der Waals surface area contributed by atoms with Crippen molar-refractivity contribution in [3.05, 3.63) is 35.1 Å². The molecular weight excluding hydrogens is 238 g/mol. The van der Waals surface area contributed by atoms with Crippen molar-refractivity contribution in [2.45, 2.75) is 13.1 Å². The van der Waals surface area contributed by atoms with Crippen LogP contribution in [0, 0.1) is 0 Å². The molecular formula is C11H12ClN5. The summed E-state index contributed by atoms with van der Waals surface area (Å²) in [6, 6.07) is 7.60. The van der Waals surface area contributed by atoms with E-state index in [4.69, 9.17) is 11.6 Å². The molecule has 5 nitrogen and oxygen atoms in total. The molecule has 0 radical (unpaired) electrons. The minimum atomic E-state index is 0.679. The van der Waals surface area contributed by atoms with Crippen molar-refractivity contribution in [3.8, 4) is 0 Å². The first-order chi connectivity index (χ1) is 8.34. The smallest absolute Gasteiger partial charge is 0.229 e. The minimum Gasteiger partial charge on any atom is -0.323 e. The summed E-state index contributed by atoms with van der Waals surface area (Å²) in [4.78, 5) is 0. The summed E-state index contributed by atoms with van der Waals surface area (Å²) in [7, 11) is 0. The van der Waals surface area contributed by atoms with Crippen LogP contribution in [0.4, 0.5) is 11.6 Å². The summed E-state index contributed by atoms with van der Waals surface area (Å²) in [6.07, 6.45) is 0. The van der Waals surface area contributed by atoms with Gasteiger partial charge in [0.1, 0.15) is 5.82 Å². The molecule has 0 amide bonds. The standard InChI is InChI=1S/C11H12ClN5/c12-8-3-1-2-4-9(8)14-11-16-15-10-7-13-5-6-17(10)11/h1-4,13H,5-7H2,(H,14,16). The molecule has 2 heterocycles. The lowest BCUT2D eigenvalue weighted by Crippen LogP contribution is -2.28. The Morgan fingerprint density at radius 2 is 2.18 bits per heavy atom. The Balaban J connectivity index is 1.91. The first-order valence-corrected chi connectivity index (χ1v) is 5.87. The molecule has 6 heteroatoms. The molecule has 2 aromatic rings. The van der Waals surface area contributed by atoms with E-state index in [1.165, 1.54) is 0 Å². The molecule has 0 fully saturated rings. The molecule has 0 spiro atoms. The number of rotatable bonds is 2. The monoisotopic (exact) mass is 249 g/mol. The van der Waals surface area contributed by atoms with Gasteiger partial charge in [0.25, 0.3) is 0 Å². The van der Waals surface area contributed by atoms with Gasteiger partial charge in [-0.05, 0) is 12.1 Å². The van der Waals surface area contributed by atoms with Crippen LogP contribution < -0.4 is 10.6 Å². The summed E-state index contributed by atoms with van der Waals surface area (Å²) in [5.41, 5.74) is 0.850. The lowest BCUT2D eigenvalue weighted by molar-refractivity contribution is 0.509. The first kappa shape index (κ1) is 10.6. The Morgan fingerprint density at radius 1 is 1.29 bits per heavy atom. The van der Waals surface area contributed by atoms with Gasteiger partial charge >= 0.3 is 0 Å². The Morgan fingerprint density at radius 3 is 3.06 bits per heavy atom. The molecule has 1 aromatic heterocycles. The molecule has 0 atom stereocenters.